The van der Waals surface area contributed by atoms with E-state index in [4.69, 9.17) is 5.11 Å². The van der Waals surface area contributed by atoms with E-state index in [1.807, 2.05) is 4.98 Å². The maximum absolute atomic E-state index is 13.7. The van der Waals surface area contributed by atoms with Gasteiger partial charge in [0.2, 0.25) is 10.0 Å². The van der Waals surface area contributed by atoms with Gasteiger partial charge in [-0.05, 0) is 12.1 Å². The summed E-state index contributed by atoms with van der Waals surface area (Å²) >= 11 is 0. The fourth-order valence-corrected chi connectivity index (χ4v) is 3.26. The van der Waals surface area contributed by atoms with Crippen molar-refractivity contribution in [3.8, 4) is 5.69 Å². The van der Waals surface area contributed by atoms with Crippen LogP contribution < -0.4 is 16.1 Å². The number of H-pyrrole nitrogens is 1. The number of halogens is 3. The number of carboxylic acid groups (broad SMARTS) is 1. The SMILES string of the molecule is CCc1nc(C(=O)O)nn1-c1cc2c(=O)n(NS(C)(=O)=O)c(=O)[nH]c2cc1C(F)(F)F. The number of aromatic carboxylic acids is 1. The van der Waals surface area contributed by atoms with Crippen molar-refractivity contribution in [1.29, 1.82) is 0 Å². The van der Waals surface area contributed by atoms with Crippen LogP contribution in [0, 0.1) is 0 Å². The molecule has 0 saturated carbocycles. The minimum atomic E-state index is -4.99. The average Bonchev–Trinajstić information content (AvgIpc) is 3.07. The van der Waals surface area contributed by atoms with Gasteiger partial charge in [0, 0.05) is 6.42 Å². The van der Waals surface area contributed by atoms with Crippen LogP contribution in [-0.2, 0) is 22.6 Å². The smallest absolute Gasteiger partial charge is 0.418 e. The van der Waals surface area contributed by atoms with Crippen LogP contribution in [0.1, 0.15) is 28.9 Å². The van der Waals surface area contributed by atoms with Gasteiger partial charge in [-0.25, -0.2) is 32.5 Å². The molecule has 0 saturated heterocycles. The van der Waals surface area contributed by atoms with Crippen molar-refractivity contribution >= 4 is 26.9 Å². The predicted octanol–water partition coefficient (Wildman–Crippen LogP) is 0.0530. The molecule has 0 amide bonds. The summed E-state index contributed by atoms with van der Waals surface area (Å²) in [5, 5.41) is 12.1. The van der Waals surface area contributed by atoms with Gasteiger partial charge in [-0.1, -0.05) is 6.92 Å². The Balaban J connectivity index is 2.44. The lowest BCUT2D eigenvalue weighted by Gasteiger charge is -2.15. The molecule has 0 aliphatic carbocycles. The van der Waals surface area contributed by atoms with Crippen molar-refractivity contribution in [2.75, 3.05) is 11.1 Å². The highest BCUT2D eigenvalue weighted by molar-refractivity contribution is 7.91. The second-order valence-electron chi connectivity index (χ2n) is 6.27. The normalized spacial score (nSPS) is 12.3. The fraction of sp³-hybridized carbons (Fsp3) is 0.267. The molecule has 0 atom stereocenters. The van der Waals surface area contributed by atoms with Crippen LogP contribution >= 0.6 is 0 Å². The Labute approximate surface area is 170 Å². The van der Waals surface area contributed by atoms with Crippen LogP contribution in [0.4, 0.5) is 13.2 Å². The number of nitrogens with one attached hydrogen (secondary N) is 2. The van der Waals surface area contributed by atoms with Gasteiger partial charge < -0.3 is 10.1 Å². The van der Waals surface area contributed by atoms with E-state index in [1.165, 1.54) is 6.92 Å². The van der Waals surface area contributed by atoms with Crippen LogP contribution in [0.25, 0.3) is 16.6 Å². The number of alkyl halides is 3. The first-order valence-electron chi connectivity index (χ1n) is 8.30. The van der Waals surface area contributed by atoms with Crippen molar-refractivity contribution in [2.45, 2.75) is 19.5 Å². The van der Waals surface area contributed by atoms with Crippen LogP contribution in [0.15, 0.2) is 21.7 Å². The quantitative estimate of drug-likeness (QED) is 0.478. The van der Waals surface area contributed by atoms with E-state index in [0.717, 1.165) is 6.07 Å². The summed E-state index contributed by atoms with van der Waals surface area (Å²) in [5.41, 5.74) is -5.15. The predicted molar refractivity (Wildman–Crippen MR) is 99.3 cm³/mol. The molecule has 3 N–H and O–H groups in total. The minimum absolute atomic E-state index is 0.00109. The van der Waals surface area contributed by atoms with Crippen LogP contribution in [0.3, 0.4) is 0 Å². The van der Waals surface area contributed by atoms with Gasteiger partial charge in [0.1, 0.15) is 5.82 Å². The second-order valence-corrected chi connectivity index (χ2v) is 8.00. The summed E-state index contributed by atoms with van der Waals surface area (Å²) in [6.45, 7) is 1.50. The van der Waals surface area contributed by atoms with Gasteiger partial charge in [-0.2, -0.15) is 17.8 Å². The molecular formula is C15H13F3N6O6S. The highest BCUT2D eigenvalue weighted by Crippen LogP contribution is 2.35. The van der Waals surface area contributed by atoms with E-state index in [1.54, 1.807) is 4.83 Å². The zero-order chi connectivity index (χ0) is 23.3. The molecule has 0 aliphatic rings. The molecule has 31 heavy (non-hydrogen) atoms. The highest BCUT2D eigenvalue weighted by Gasteiger charge is 2.36. The second kappa shape index (κ2) is 7.22. The molecule has 0 fully saturated rings. The Hall–Kier alpha value is -3.69. The number of carboxylic acids is 1. The van der Waals surface area contributed by atoms with Gasteiger partial charge in [-0.15, -0.1) is 5.10 Å². The Kier molecular flexibility index (Phi) is 5.13. The first-order valence-corrected chi connectivity index (χ1v) is 10.2. The number of fused-ring (bicyclic) bond motifs is 1. The largest absolute Gasteiger partial charge is 0.475 e. The number of aryl methyl sites for hydroxylation is 1. The molecule has 3 aromatic rings. The zero-order valence-electron chi connectivity index (χ0n) is 15.7. The fourth-order valence-electron chi connectivity index (χ4n) is 2.76. The van der Waals surface area contributed by atoms with Crippen molar-refractivity contribution < 1.29 is 31.5 Å². The standard InChI is InChI=1S/C15H13F3N6O6S/c1-3-10-20-11(13(26)27)21-23(10)9-4-6-8(5-7(9)15(16,17)18)19-14(28)24(12(6)25)22-31(2,29)30/h4-5,22H,3H2,1-2H3,(H,19,28)(H,26,27). The molecule has 0 unspecified atom stereocenters. The van der Waals surface area contributed by atoms with Gasteiger partial charge >= 0.3 is 17.8 Å². The Morgan fingerprint density at radius 3 is 2.45 bits per heavy atom. The van der Waals surface area contributed by atoms with E-state index in [2.05, 4.69) is 10.1 Å². The number of rotatable bonds is 5. The molecule has 0 radical (unpaired) electrons. The summed E-state index contributed by atoms with van der Waals surface area (Å²) in [6, 6.07) is 1.19. The highest BCUT2D eigenvalue weighted by atomic mass is 32.2. The number of nitrogens with zero attached hydrogens (tertiary/aromatic N) is 4. The Bertz CT molecular complexity index is 1440. The molecule has 12 nitrogen and oxygen atoms in total. The lowest BCUT2D eigenvalue weighted by Crippen LogP contribution is -2.43. The van der Waals surface area contributed by atoms with E-state index < -0.39 is 61.4 Å². The monoisotopic (exact) mass is 462 g/mol. The number of hydrogen-bond donors (Lipinski definition) is 3. The van der Waals surface area contributed by atoms with Crippen molar-refractivity contribution in [3.05, 3.63) is 50.2 Å². The molecule has 2 aromatic heterocycles. The summed E-state index contributed by atoms with van der Waals surface area (Å²) in [7, 11) is -4.08. The summed E-state index contributed by atoms with van der Waals surface area (Å²) in [5.74, 6) is -2.48. The zero-order valence-corrected chi connectivity index (χ0v) is 16.5. The number of benzene rings is 1. The van der Waals surface area contributed by atoms with E-state index in [-0.39, 0.29) is 16.9 Å². The number of aromatic nitrogens is 5. The molecule has 2 heterocycles. The number of sulfonamides is 1. The molecule has 1 aromatic carbocycles. The van der Waals surface area contributed by atoms with Crippen LogP contribution in [-0.4, -0.2) is 50.2 Å². The van der Waals surface area contributed by atoms with E-state index in [0.29, 0.717) is 17.0 Å². The van der Waals surface area contributed by atoms with E-state index >= 15 is 0 Å². The van der Waals surface area contributed by atoms with Gasteiger partial charge in [0.05, 0.1) is 28.4 Å². The lowest BCUT2D eigenvalue weighted by molar-refractivity contribution is -0.137. The number of aromatic amines is 1. The van der Waals surface area contributed by atoms with Crippen LogP contribution in [0.2, 0.25) is 0 Å². The third-order valence-corrected chi connectivity index (χ3v) is 4.50. The Morgan fingerprint density at radius 2 is 1.94 bits per heavy atom. The molecule has 0 aliphatic heterocycles. The number of hydrogen-bond acceptors (Lipinski definition) is 7. The van der Waals surface area contributed by atoms with Crippen molar-refractivity contribution in [2.24, 2.45) is 0 Å². The molecular weight excluding hydrogens is 449 g/mol. The first-order chi connectivity index (χ1) is 14.2. The summed E-state index contributed by atoms with van der Waals surface area (Å²) in [6.07, 6.45) is -4.32. The topological polar surface area (TPSA) is 169 Å². The maximum atomic E-state index is 13.7. The summed E-state index contributed by atoms with van der Waals surface area (Å²) in [4.78, 5) is 43.1. The Morgan fingerprint density at radius 1 is 1.29 bits per heavy atom. The molecule has 166 valence electrons. The van der Waals surface area contributed by atoms with Crippen molar-refractivity contribution in [3.63, 3.8) is 0 Å². The maximum Gasteiger partial charge on any atom is 0.418 e. The van der Waals surface area contributed by atoms with Gasteiger partial charge in [0.15, 0.2) is 0 Å². The number of carbonyl (C=O) groups is 1. The minimum Gasteiger partial charge on any atom is -0.475 e. The van der Waals surface area contributed by atoms with E-state index in [9.17, 15) is 36.0 Å². The lowest BCUT2D eigenvalue weighted by atomic mass is 10.1. The van der Waals surface area contributed by atoms with Gasteiger partial charge in [0.25, 0.3) is 11.4 Å². The molecule has 0 bridgehead atoms. The molecule has 0 spiro atoms. The third kappa shape index (κ3) is 4.14. The average molecular weight is 462 g/mol. The third-order valence-electron chi connectivity index (χ3n) is 3.99. The van der Waals surface area contributed by atoms with Gasteiger partial charge in [-0.3, -0.25) is 4.79 Å². The summed E-state index contributed by atoms with van der Waals surface area (Å²) < 4.78 is 64.7. The van der Waals surface area contributed by atoms with Crippen LogP contribution in [0.5, 0.6) is 0 Å². The molecule has 16 heteroatoms. The van der Waals surface area contributed by atoms with Crippen molar-refractivity contribution in [1.82, 2.24) is 24.4 Å². The first kappa shape index (κ1) is 22.0. The molecule has 3 rings (SSSR count).